The molecule has 6 nitrogen and oxygen atoms in total. The van der Waals surface area contributed by atoms with Crippen molar-refractivity contribution in [3.05, 3.63) is 72.5 Å². The van der Waals surface area contributed by atoms with E-state index in [1.54, 1.807) is 30.3 Å². The number of hydrogen-bond donors (Lipinski definition) is 2. The number of para-hydroxylation sites is 2. The van der Waals surface area contributed by atoms with E-state index in [4.69, 9.17) is 9.15 Å². The molecule has 0 spiro atoms. The summed E-state index contributed by atoms with van der Waals surface area (Å²) in [5.74, 6) is -0.720. The molecule has 1 amide bonds. The molecule has 0 radical (unpaired) electrons. The first kappa shape index (κ1) is 18.3. The number of carboxylic acid groups (broad SMARTS) is 1. The Morgan fingerprint density at radius 2 is 1.85 bits per heavy atom. The van der Waals surface area contributed by atoms with E-state index in [1.807, 2.05) is 30.3 Å². The molecule has 6 heteroatoms. The number of carbonyl (C=O) groups excluding carboxylic acids is 1. The molecule has 1 heterocycles. The number of furan rings is 1. The molecule has 138 valence electrons. The molecule has 1 unspecified atom stereocenters. The SMILES string of the molecule is CC(COc1ccccc1)(NC(=O)C=Cc1cc2ccccc2o1)C(=O)O. The van der Waals surface area contributed by atoms with Gasteiger partial charge in [-0.05, 0) is 37.3 Å². The zero-order valence-corrected chi connectivity index (χ0v) is 14.7. The minimum Gasteiger partial charge on any atom is -0.491 e. The van der Waals surface area contributed by atoms with Crippen molar-refractivity contribution >= 4 is 28.9 Å². The Balaban J connectivity index is 1.66. The van der Waals surface area contributed by atoms with Crippen LogP contribution in [-0.4, -0.2) is 29.1 Å². The number of benzene rings is 2. The molecule has 2 N–H and O–H groups in total. The summed E-state index contributed by atoms with van der Waals surface area (Å²) in [5.41, 5.74) is -0.866. The number of rotatable bonds is 7. The summed E-state index contributed by atoms with van der Waals surface area (Å²) in [5, 5.41) is 12.9. The normalized spacial score (nSPS) is 13.4. The first-order valence-electron chi connectivity index (χ1n) is 8.36. The van der Waals surface area contributed by atoms with Crippen molar-refractivity contribution in [3.63, 3.8) is 0 Å². The van der Waals surface area contributed by atoms with Crippen LogP contribution in [0.2, 0.25) is 0 Å². The van der Waals surface area contributed by atoms with Crippen molar-refractivity contribution in [3.8, 4) is 5.75 Å². The van der Waals surface area contributed by atoms with Gasteiger partial charge < -0.3 is 19.6 Å². The summed E-state index contributed by atoms with van der Waals surface area (Å²) in [6, 6.07) is 18.1. The zero-order valence-electron chi connectivity index (χ0n) is 14.7. The third-order valence-corrected chi connectivity index (χ3v) is 3.99. The lowest BCUT2D eigenvalue weighted by atomic mass is 10.0. The second-order valence-corrected chi connectivity index (χ2v) is 6.25. The number of fused-ring (bicyclic) bond motifs is 1. The molecule has 0 saturated heterocycles. The molecular weight excluding hydrogens is 346 g/mol. The third kappa shape index (κ3) is 4.55. The van der Waals surface area contributed by atoms with Crippen LogP contribution in [-0.2, 0) is 9.59 Å². The number of nitrogens with one attached hydrogen (secondary N) is 1. The van der Waals surface area contributed by atoms with E-state index < -0.39 is 17.4 Å². The number of hydrogen-bond acceptors (Lipinski definition) is 4. The van der Waals surface area contributed by atoms with E-state index in [2.05, 4.69) is 5.32 Å². The van der Waals surface area contributed by atoms with Gasteiger partial charge in [-0.3, -0.25) is 4.79 Å². The number of ether oxygens (including phenoxy) is 1. The van der Waals surface area contributed by atoms with Gasteiger partial charge >= 0.3 is 5.97 Å². The highest BCUT2D eigenvalue weighted by Gasteiger charge is 2.35. The van der Waals surface area contributed by atoms with Gasteiger partial charge in [-0.25, -0.2) is 4.79 Å². The Labute approximate surface area is 156 Å². The lowest BCUT2D eigenvalue weighted by molar-refractivity contribution is -0.147. The minimum absolute atomic E-state index is 0.212. The second-order valence-electron chi connectivity index (χ2n) is 6.25. The number of carboxylic acids is 1. The van der Waals surface area contributed by atoms with Gasteiger partial charge in [0, 0.05) is 11.5 Å². The molecule has 0 bridgehead atoms. The topological polar surface area (TPSA) is 88.8 Å². The van der Waals surface area contributed by atoms with E-state index in [1.165, 1.54) is 19.1 Å². The molecule has 1 aromatic heterocycles. The average Bonchev–Trinajstić information content (AvgIpc) is 3.08. The van der Waals surface area contributed by atoms with Gasteiger partial charge in [-0.15, -0.1) is 0 Å². The summed E-state index contributed by atoms with van der Waals surface area (Å²) in [7, 11) is 0. The molecule has 3 aromatic rings. The van der Waals surface area contributed by atoms with Crippen LogP contribution in [0.5, 0.6) is 5.75 Å². The van der Waals surface area contributed by atoms with E-state index in [0.717, 1.165) is 5.39 Å². The quantitative estimate of drug-likeness (QED) is 0.626. The minimum atomic E-state index is -1.58. The highest BCUT2D eigenvalue weighted by atomic mass is 16.5. The molecule has 0 aliphatic heterocycles. The highest BCUT2D eigenvalue weighted by Crippen LogP contribution is 2.19. The Kier molecular flexibility index (Phi) is 5.26. The number of aliphatic carboxylic acids is 1. The van der Waals surface area contributed by atoms with E-state index in [0.29, 0.717) is 17.1 Å². The fraction of sp³-hybridized carbons (Fsp3) is 0.143. The lowest BCUT2D eigenvalue weighted by Crippen LogP contribution is -2.55. The maximum absolute atomic E-state index is 12.2. The smallest absolute Gasteiger partial charge is 0.332 e. The van der Waals surface area contributed by atoms with Crippen LogP contribution >= 0.6 is 0 Å². The lowest BCUT2D eigenvalue weighted by Gasteiger charge is -2.25. The Bertz CT molecular complexity index is 943. The zero-order chi connectivity index (χ0) is 19.3. The number of carbonyl (C=O) groups is 2. The van der Waals surface area contributed by atoms with Crippen molar-refractivity contribution in [2.24, 2.45) is 0 Å². The van der Waals surface area contributed by atoms with Crippen molar-refractivity contribution in [1.29, 1.82) is 0 Å². The molecule has 27 heavy (non-hydrogen) atoms. The van der Waals surface area contributed by atoms with Gasteiger partial charge in [0.05, 0.1) is 0 Å². The highest BCUT2D eigenvalue weighted by molar-refractivity contribution is 5.96. The predicted octanol–water partition coefficient (Wildman–Crippen LogP) is 3.48. The summed E-state index contributed by atoms with van der Waals surface area (Å²) < 4.78 is 11.1. The van der Waals surface area contributed by atoms with Crippen molar-refractivity contribution < 1.29 is 23.8 Å². The third-order valence-electron chi connectivity index (χ3n) is 3.99. The molecule has 0 fully saturated rings. The van der Waals surface area contributed by atoms with Crippen LogP contribution in [0.4, 0.5) is 0 Å². The maximum atomic E-state index is 12.2. The summed E-state index contributed by atoms with van der Waals surface area (Å²) in [4.78, 5) is 23.8. The standard InChI is InChI=1S/C21H19NO5/c1-21(20(24)25,14-26-16-8-3-2-4-9-16)22-19(23)12-11-17-13-15-7-5-6-10-18(15)27-17/h2-13H,14H2,1H3,(H,22,23)(H,24,25). The molecule has 3 rings (SSSR count). The second kappa shape index (κ2) is 7.78. The van der Waals surface area contributed by atoms with Crippen LogP contribution < -0.4 is 10.1 Å². The van der Waals surface area contributed by atoms with Crippen LogP contribution in [0.3, 0.4) is 0 Å². The first-order chi connectivity index (χ1) is 13.0. The van der Waals surface area contributed by atoms with Crippen molar-refractivity contribution in [1.82, 2.24) is 5.32 Å². The van der Waals surface area contributed by atoms with Crippen LogP contribution in [0.1, 0.15) is 12.7 Å². The Hall–Kier alpha value is -3.54. The van der Waals surface area contributed by atoms with Gasteiger partial charge in [-0.2, -0.15) is 0 Å². The Morgan fingerprint density at radius 1 is 1.15 bits per heavy atom. The first-order valence-corrected chi connectivity index (χ1v) is 8.36. The largest absolute Gasteiger partial charge is 0.491 e. The molecule has 0 aliphatic carbocycles. The predicted molar refractivity (Wildman–Crippen MR) is 101 cm³/mol. The van der Waals surface area contributed by atoms with E-state index >= 15 is 0 Å². The maximum Gasteiger partial charge on any atom is 0.332 e. The van der Waals surface area contributed by atoms with Gasteiger partial charge in [0.2, 0.25) is 5.91 Å². The van der Waals surface area contributed by atoms with E-state index in [-0.39, 0.29) is 6.61 Å². The number of amides is 1. The molecule has 0 saturated carbocycles. The summed E-state index contributed by atoms with van der Waals surface area (Å²) in [6.45, 7) is 1.18. The molecule has 2 aromatic carbocycles. The van der Waals surface area contributed by atoms with E-state index in [9.17, 15) is 14.7 Å². The van der Waals surface area contributed by atoms with Gasteiger partial charge in [0.25, 0.3) is 0 Å². The molecule has 0 aliphatic rings. The van der Waals surface area contributed by atoms with Crippen LogP contribution in [0.15, 0.2) is 71.2 Å². The van der Waals surface area contributed by atoms with Crippen LogP contribution in [0.25, 0.3) is 17.0 Å². The average molecular weight is 365 g/mol. The molecular formula is C21H19NO5. The summed E-state index contributed by atoms with van der Waals surface area (Å²) >= 11 is 0. The summed E-state index contributed by atoms with van der Waals surface area (Å²) in [6.07, 6.45) is 2.73. The monoisotopic (exact) mass is 365 g/mol. The van der Waals surface area contributed by atoms with Gasteiger partial charge in [0.1, 0.15) is 23.7 Å². The fourth-order valence-corrected chi connectivity index (χ4v) is 2.45. The Morgan fingerprint density at radius 3 is 2.56 bits per heavy atom. The van der Waals surface area contributed by atoms with Crippen molar-refractivity contribution in [2.45, 2.75) is 12.5 Å². The van der Waals surface area contributed by atoms with Crippen LogP contribution in [0, 0.1) is 0 Å². The van der Waals surface area contributed by atoms with Gasteiger partial charge in [-0.1, -0.05) is 36.4 Å². The van der Waals surface area contributed by atoms with Crippen molar-refractivity contribution in [2.75, 3.05) is 6.61 Å². The molecule has 1 atom stereocenters. The van der Waals surface area contributed by atoms with Gasteiger partial charge in [0.15, 0.2) is 5.54 Å². The fourth-order valence-electron chi connectivity index (χ4n) is 2.45.